The van der Waals surface area contributed by atoms with Crippen LogP contribution in [0.2, 0.25) is 0 Å². The van der Waals surface area contributed by atoms with Crippen LogP contribution in [0.3, 0.4) is 0 Å². The lowest BCUT2D eigenvalue weighted by atomic mass is 10.1. The average Bonchev–Trinajstić information content (AvgIpc) is 4.02. The Hall–Kier alpha value is -7.40. The van der Waals surface area contributed by atoms with Gasteiger partial charge in [0, 0.05) is 49.4 Å². The highest BCUT2D eigenvalue weighted by Gasteiger charge is 2.37. The number of nitrogens with zero attached hydrogens (tertiary/aromatic N) is 12. The molecular weight excluding hydrogens is 1010 g/mol. The van der Waals surface area contributed by atoms with Crippen LogP contribution in [0.1, 0.15) is 96.8 Å². The highest BCUT2D eigenvalue weighted by Crippen LogP contribution is 2.36. The number of hydrogen-bond donors (Lipinski definition) is 0. The number of pyridine rings is 2. The van der Waals surface area contributed by atoms with Gasteiger partial charge in [0.1, 0.15) is 46.6 Å². The molecule has 0 aliphatic heterocycles. The fraction of sp³-hybridized carbons (Fsp3) is 0.370. The second-order valence-corrected chi connectivity index (χ2v) is 22.9. The summed E-state index contributed by atoms with van der Waals surface area (Å²) in [5, 5.41) is 15.6. The molecule has 6 heterocycles. The molecule has 22 heteroatoms. The van der Waals surface area contributed by atoms with Crippen LogP contribution in [0.5, 0.6) is 11.5 Å². The number of rotatable bonds is 20. The number of aromatic nitrogens is 12. The van der Waals surface area contributed by atoms with E-state index in [1.165, 1.54) is 0 Å². The van der Waals surface area contributed by atoms with Gasteiger partial charge in [-0.25, -0.2) is 46.7 Å². The molecule has 2 aromatic carbocycles. The molecule has 0 aliphatic rings. The van der Waals surface area contributed by atoms with Crippen molar-refractivity contribution in [1.29, 1.82) is 0 Å². The number of hydrogen-bond acceptors (Lipinski definition) is 18. The van der Waals surface area contributed by atoms with Crippen molar-refractivity contribution in [1.82, 2.24) is 59.4 Å². The number of para-hydroxylation sites is 2. The number of sulfone groups is 2. The van der Waals surface area contributed by atoms with Crippen molar-refractivity contribution < 1.29 is 35.8 Å². The van der Waals surface area contributed by atoms with Gasteiger partial charge in [-0.05, 0) is 128 Å². The standard InChI is InChI=1S/2C27H32N6O4S/c2*1-7-37-25(26-28-14-17(2)15-29-26)20(5)38(34,35)16-23-31-32-27(21-12-9-11-19(4)30-21)33(23)24-18(3)10-8-13-22(24)36-6/h2*8-15,20,25H,7,16H2,1-6H3/t2*20-,25-/m10/s1. The third-order valence-corrected chi connectivity index (χ3v) is 16.5. The maximum Gasteiger partial charge on any atom is 0.187 e. The predicted octanol–water partition coefficient (Wildman–Crippen LogP) is 8.27. The summed E-state index contributed by atoms with van der Waals surface area (Å²) in [5.41, 5.74) is 7.52. The van der Waals surface area contributed by atoms with E-state index in [1.54, 1.807) is 62.0 Å². The lowest BCUT2D eigenvalue weighted by Crippen LogP contribution is -2.30. The molecule has 8 aromatic rings. The SMILES string of the molecule is CCO[C@@H](c1ncc(C)cn1)[C@@H](C)S(=O)(=O)Cc1nnc(-c2cccc(C)n2)n1-c1c(C)cccc1OC.CCO[C@H](c1ncc(C)cn1)[C@H](C)S(=O)(=O)Cc1nnc(-c2cccc(C)n2)n1-c1c(C)cccc1OC. The lowest BCUT2D eigenvalue weighted by molar-refractivity contribution is 0.0555. The van der Waals surface area contributed by atoms with Crippen molar-refractivity contribution >= 4 is 19.7 Å². The van der Waals surface area contributed by atoms with E-state index in [0.717, 1.165) is 33.6 Å². The Morgan fingerprint density at radius 2 is 0.855 bits per heavy atom. The number of aryl methyl sites for hydroxylation is 6. The Balaban J connectivity index is 0.000000221. The molecule has 8 rings (SSSR count). The van der Waals surface area contributed by atoms with Gasteiger partial charge in [0.15, 0.2) is 54.6 Å². The van der Waals surface area contributed by atoms with Crippen LogP contribution in [0.4, 0.5) is 0 Å². The zero-order chi connectivity index (χ0) is 54.9. The van der Waals surface area contributed by atoms with Gasteiger partial charge < -0.3 is 18.9 Å². The molecule has 0 unspecified atom stereocenters. The van der Waals surface area contributed by atoms with E-state index >= 15 is 0 Å². The molecule has 0 amide bonds. The van der Waals surface area contributed by atoms with Crippen molar-refractivity contribution in [2.75, 3.05) is 27.4 Å². The van der Waals surface area contributed by atoms with Gasteiger partial charge >= 0.3 is 0 Å². The van der Waals surface area contributed by atoms with Crippen molar-refractivity contribution in [2.24, 2.45) is 0 Å². The minimum absolute atomic E-state index is 0.239. The predicted molar refractivity (Wildman–Crippen MR) is 288 cm³/mol. The van der Waals surface area contributed by atoms with Gasteiger partial charge in [-0.2, -0.15) is 0 Å². The van der Waals surface area contributed by atoms with E-state index in [9.17, 15) is 16.8 Å². The molecule has 76 heavy (non-hydrogen) atoms. The zero-order valence-electron chi connectivity index (χ0n) is 44.8. The van der Waals surface area contributed by atoms with Gasteiger partial charge in [-0.3, -0.25) is 9.13 Å². The first-order chi connectivity index (χ1) is 36.3. The van der Waals surface area contributed by atoms with Crippen LogP contribution in [0.15, 0.2) is 97.6 Å². The second-order valence-electron chi connectivity index (χ2n) is 18.1. The molecule has 0 bridgehead atoms. The largest absolute Gasteiger partial charge is 0.495 e. The van der Waals surface area contributed by atoms with E-state index in [0.29, 0.717) is 70.8 Å². The fourth-order valence-corrected chi connectivity index (χ4v) is 11.2. The maximum atomic E-state index is 13.8. The molecular formula is C54H64N12O8S2. The van der Waals surface area contributed by atoms with Crippen LogP contribution in [-0.4, -0.2) is 114 Å². The Morgan fingerprint density at radius 3 is 1.18 bits per heavy atom. The van der Waals surface area contributed by atoms with Crippen molar-refractivity contribution in [3.05, 3.63) is 155 Å². The van der Waals surface area contributed by atoms with Crippen LogP contribution in [-0.2, 0) is 40.7 Å². The highest BCUT2D eigenvalue weighted by molar-refractivity contribution is 7.91. The summed E-state index contributed by atoms with van der Waals surface area (Å²) in [4.78, 5) is 26.5. The smallest absolute Gasteiger partial charge is 0.187 e. The van der Waals surface area contributed by atoms with Crippen molar-refractivity contribution in [3.8, 4) is 45.9 Å². The summed E-state index contributed by atoms with van der Waals surface area (Å²) in [6.45, 7) is 18.8. The first kappa shape index (κ1) is 56.3. The Bertz CT molecular complexity index is 3270. The molecule has 20 nitrogen and oxygen atoms in total. The third-order valence-electron chi connectivity index (χ3n) is 12.4. The minimum Gasteiger partial charge on any atom is -0.495 e. The molecule has 4 atom stereocenters. The molecule has 0 radical (unpaired) electrons. The number of methoxy groups -OCH3 is 2. The normalized spacial score (nSPS) is 13.3. The van der Waals surface area contributed by atoms with Crippen LogP contribution in [0, 0.1) is 41.5 Å². The van der Waals surface area contributed by atoms with Gasteiger partial charge in [-0.1, -0.05) is 36.4 Å². The first-order valence-electron chi connectivity index (χ1n) is 24.6. The summed E-state index contributed by atoms with van der Waals surface area (Å²) in [5.74, 6) is 2.30. The van der Waals surface area contributed by atoms with Crippen LogP contribution >= 0.6 is 0 Å². The monoisotopic (exact) mass is 1070 g/mol. The van der Waals surface area contributed by atoms with Crippen molar-refractivity contribution in [3.63, 3.8) is 0 Å². The zero-order valence-corrected chi connectivity index (χ0v) is 46.5. The Kier molecular flexibility index (Phi) is 18.2. The van der Waals surface area contributed by atoms with E-state index in [1.807, 2.05) is 128 Å². The highest BCUT2D eigenvalue weighted by atomic mass is 32.2. The summed E-state index contributed by atoms with van der Waals surface area (Å²) in [7, 11) is -4.51. The molecule has 0 fully saturated rings. The Labute approximate surface area is 444 Å². The van der Waals surface area contributed by atoms with E-state index in [4.69, 9.17) is 18.9 Å². The molecule has 0 spiro atoms. The fourth-order valence-electron chi connectivity index (χ4n) is 8.42. The molecule has 0 N–H and O–H groups in total. The van der Waals surface area contributed by atoms with Crippen LogP contribution < -0.4 is 9.47 Å². The molecule has 0 saturated heterocycles. The van der Waals surface area contributed by atoms with Gasteiger partial charge in [0.2, 0.25) is 0 Å². The third kappa shape index (κ3) is 12.6. The van der Waals surface area contributed by atoms with E-state index < -0.39 is 42.4 Å². The number of benzene rings is 2. The van der Waals surface area contributed by atoms with Gasteiger partial charge in [0.05, 0.1) is 36.1 Å². The summed E-state index contributed by atoms with van der Waals surface area (Å²) in [6, 6.07) is 22.4. The quantitative estimate of drug-likeness (QED) is 0.0697. The minimum atomic E-state index is -3.82. The van der Waals surface area contributed by atoms with E-state index in [2.05, 4.69) is 50.3 Å². The summed E-state index contributed by atoms with van der Waals surface area (Å²) < 4.78 is 81.7. The maximum absolute atomic E-state index is 13.8. The Morgan fingerprint density at radius 1 is 0.500 bits per heavy atom. The lowest BCUT2D eigenvalue weighted by Gasteiger charge is -2.23. The summed E-state index contributed by atoms with van der Waals surface area (Å²) in [6.07, 6.45) is 4.91. The second kappa shape index (κ2) is 24.5. The first-order valence-corrected chi connectivity index (χ1v) is 28.0. The molecule has 0 saturated carbocycles. The van der Waals surface area contributed by atoms with Gasteiger partial charge in [0.25, 0.3) is 0 Å². The average molecular weight is 1070 g/mol. The van der Waals surface area contributed by atoms with Crippen LogP contribution in [0.25, 0.3) is 34.4 Å². The van der Waals surface area contributed by atoms with E-state index in [-0.39, 0.29) is 23.2 Å². The number of ether oxygens (including phenoxy) is 4. The van der Waals surface area contributed by atoms with Crippen molar-refractivity contribution in [2.45, 2.75) is 103 Å². The topological polar surface area (TPSA) is 244 Å². The van der Waals surface area contributed by atoms with Gasteiger partial charge in [-0.15, -0.1) is 20.4 Å². The summed E-state index contributed by atoms with van der Waals surface area (Å²) >= 11 is 0. The molecule has 6 aromatic heterocycles. The molecule has 400 valence electrons. The molecule has 0 aliphatic carbocycles.